The number of aryl methyl sites for hydroxylation is 2. The monoisotopic (exact) mass is 765 g/mol. The second kappa shape index (κ2) is 13.4. The number of pyridine rings is 2. The molecule has 55 heavy (non-hydrogen) atoms. The van der Waals surface area contributed by atoms with Crippen molar-refractivity contribution in [2.75, 3.05) is 0 Å². The predicted octanol–water partition coefficient (Wildman–Crippen LogP) is 8.51. The molecule has 11 nitrogen and oxygen atoms in total. The number of rotatable bonds is 8. The predicted molar refractivity (Wildman–Crippen MR) is 211 cm³/mol. The van der Waals surface area contributed by atoms with Crippen molar-refractivity contribution in [3.63, 3.8) is 0 Å². The second-order valence-corrected chi connectivity index (χ2v) is 15.8. The molecule has 0 radical (unpaired) electrons. The average molecular weight is 766 g/mol. The Morgan fingerprint density at radius 1 is 0.636 bits per heavy atom. The third kappa shape index (κ3) is 6.00. The number of hydrogen-bond acceptors (Lipinski definition) is 9. The number of hydrogen-bond donors (Lipinski definition) is 3. The molecular weight excluding hydrogens is 731 g/mol. The molecule has 0 saturated heterocycles. The molecule has 0 spiro atoms. The van der Waals surface area contributed by atoms with Crippen molar-refractivity contribution in [2.45, 2.75) is 50.4 Å². The van der Waals surface area contributed by atoms with E-state index in [1.165, 1.54) is 0 Å². The van der Waals surface area contributed by atoms with Gasteiger partial charge in [-0.1, -0.05) is 36.4 Å². The number of imidazole rings is 2. The van der Waals surface area contributed by atoms with Crippen LogP contribution >= 0.6 is 22.7 Å². The molecule has 13 heteroatoms. The Kier molecular flexibility index (Phi) is 8.45. The van der Waals surface area contributed by atoms with E-state index in [0.29, 0.717) is 11.1 Å². The molecule has 2 saturated carbocycles. The molecule has 0 unspecified atom stereocenters. The molecule has 274 valence electrons. The number of aromatic nitrogens is 6. The molecule has 2 fully saturated rings. The molecule has 0 atom stereocenters. The summed E-state index contributed by atoms with van der Waals surface area (Å²) in [6.07, 6.45) is 8.19. The Bertz CT molecular complexity index is 2740. The highest BCUT2D eigenvalue weighted by molar-refractivity contribution is 7.10. The van der Waals surface area contributed by atoms with Gasteiger partial charge in [-0.25, -0.2) is 30.2 Å². The zero-order chi connectivity index (χ0) is 37.9. The molecule has 3 N–H and O–H groups in total. The first-order valence-corrected chi connectivity index (χ1v) is 19.7. The summed E-state index contributed by atoms with van der Waals surface area (Å²) in [5, 5.41) is 24.3. The summed E-state index contributed by atoms with van der Waals surface area (Å²) in [7, 11) is 0. The lowest BCUT2D eigenvalue weighted by molar-refractivity contribution is 0.0693. The number of thiazole rings is 2. The minimum absolute atomic E-state index is 0.0751. The summed E-state index contributed by atoms with van der Waals surface area (Å²) in [5.74, 6) is -1.40. The minimum atomic E-state index is -0.897. The standard InChI is InChI=1S/C21H18N4O2S.C21H17N3O2S/c1-13-18(25-11-3-2-4-17(25)22-13)16-12-28-20(23-16)21(9-10-21)15-7-5-14(6-8-15)19(26)24-27;1-13-18(24-11-3-2-4-17(24)22-13)16-12-27-20(23-16)21(9-10-21)15-7-5-14(6-8-15)19(25)26/h2-8,11-12,27H,9-10H2,1H3,(H,24,26);2-8,11-12H,9-10H2,1H3,(H,25,26). The summed E-state index contributed by atoms with van der Waals surface area (Å²) in [6.45, 7) is 4.03. The highest BCUT2D eigenvalue weighted by Gasteiger charge is 2.49. The van der Waals surface area contributed by atoms with Gasteiger partial charge in [0.2, 0.25) is 0 Å². The summed E-state index contributed by atoms with van der Waals surface area (Å²) < 4.78 is 4.16. The molecular formula is C42H35N7O4S2. The van der Waals surface area contributed by atoms with Crippen molar-refractivity contribution >= 4 is 45.8 Å². The second-order valence-electron chi connectivity index (χ2n) is 14.1. The van der Waals surface area contributed by atoms with E-state index in [1.54, 1.807) is 52.4 Å². The van der Waals surface area contributed by atoms with Crippen LogP contribution in [0.5, 0.6) is 0 Å². The molecule has 6 heterocycles. The maximum Gasteiger partial charge on any atom is 0.335 e. The van der Waals surface area contributed by atoms with Crippen LogP contribution in [0.2, 0.25) is 0 Å². The SMILES string of the molecule is Cc1nc2ccccn2c1-c1csc(C2(c3ccc(C(=O)NO)cc3)CC2)n1.Cc1nc2ccccn2c1-c1csc(C2(c3ccc(C(=O)O)cc3)CC2)n1. The Morgan fingerprint density at radius 2 is 1.07 bits per heavy atom. The van der Waals surface area contributed by atoms with E-state index in [1.807, 2.05) is 86.9 Å². The van der Waals surface area contributed by atoms with Gasteiger partial charge in [-0.3, -0.25) is 18.8 Å². The van der Waals surface area contributed by atoms with E-state index < -0.39 is 11.9 Å². The smallest absolute Gasteiger partial charge is 0.335 e. The number of nitrogens with one attached hydrogen (secondary N) is 1. The molecule has 0 aliphatic heterocycles. The first-order chi connectivity index (χ1) is 26.7. The molecule has 2 aliphatic rings. The van der Waals surface area contributed by atoms with Gasteiger partial charge in [-0.05, 0) is 99.2 Å². The van der Waals surface area contributed by atoms with Crippen molar-refractivity contribution < 1.29 is 19.9 Å². The summed E-state index contributed by atoms with van der Waals surface area (Å²) >= 11 is 3.34. The Morgan fingerprint density at radius 3 is 1.47 bits per heavy atom. The van der Waals surface area contributed by atoms with E-state index in [2.05, 4.69) is 29.5 Å². The highest BCUT2D eigenvalue weighted by atomic mass is 32.1. The van der Waals surface area contributed by atoms with Crippen molar-refractivity contribution in [3.8, 4) is 22.8 Å². The van der Waals surface area contributed by atoms with Gasteiger partial charge in [0.1, 0.15) is 32.7 Å². The number of aromatic carboxylic acids is 1. The molecule has 10 rings (SSSR count). The third-order valence-corrected chi connectivity index (χ3v) is 12.8. The number of carbonyl (C=O) groups excluding carboxylic acids is 1. The molecule has 1 amide bonds. The number of carboxylic acid groups (broad SMARTS) is 1. The fourth-order valence-corrected chi connectivity index (χ4v) is 9.66. The fraction of sp³-hybridized carbons (Fsp3) is 0.190. The number of amides is 1. The van der Waals surface area contributed by atoms with E-state index in [9.17, 15) is 9.59 Å². The van der Waals surface area contributed by atoms with Gasteiger partial charge >= 0.3 is 5.97 Å². The number of nitrogens with zero attached hydrogens (tertiary/aromatic N) is 6. The van der Waals surface area contributed by atoms with Gasteiger partial charge in [-0.15, -0.1) is 22.7 Å². The van der Waals surface area contributed by atoms with Crippen molar-refractivity contribution in [3.05, 3.63) is 152 Å². The van der Waals surface area contributed by atoms with E-state index in [-0.39, 0.29) is 10.8 Å². The number of carboxylic acids is 1. The Hall–Kier alpha value is -6.02. The van der Waals surface area contributed by atoms with Gasteiger partial charge in [0.25, 0.3) is 5.91 Å². The number of benzene rings is 2. The van der Waals surface area contributed by atoms with Crippen LogP contribution in [0.3, 0.4) is 0 Å². The van der Waals surface area contributed by atoms with E-state index in [0.717, 1.165) is 92.3 Å². The highest BCUT2D eigenvalue weighted by Crippen LogP contribution is 2.56. The fourth-order valence-electron chi connectivity index (χ4n) is 7.49. The van der Waals surface area contributed by atoms with Crippen LogP contribution in [0.4, 0.5) is 0 Å². The van der Waals surface area contributed by atoms with Crippen LogP contribution in [0.15, 0.2) is 108 Å². The molecule has 8 aromatic rings. The van der Waals surface area contributed by atoms with Crippen LogP contribution in [0.1, 0.15) is 78.9 Å². The van der Waals surface area contributed by atoms with Crippen molar-refractivity contribution in [1.82, 2.24) is 34.2 Å². The topological polar surface area (TPSA) is 147 Å². The minimum Gasteiger partial charge on any atom is -0.478 e. The lowest BCUT2D eigenvalue weighted by Crippen LogP contribution is -2.18. The van der Waals surface area contributed by atoms with Gasteiger partial charge in [0.05, 0.1) is 28.3 Å². The molecule has 2 aliphatic carbocycles. The first-order valence-electron chi connectivity index (χ1n) is 17.9. The first kappa shape index (κ1) is 34.7. The zero-order valence-corrected chi connectivity index (χ0v) is 31.6. The largest absolute Gasteiger partial charge is 0.478 e. The van der Waals surface area contributed by atoms with Crippen LogP contribution in [0, 0.1) is 13.8 Å². The maximum absolute atomic E-state index is 11.6. The van der Waals surface area contributed by atoms with Crippen LogP contribution < -0.4 is 5.48 Å². The third-order valence-electron chi connectivity index (χ3n) is 10.7. The van der Waals surface area contributed by atoms with E-state index in [4.69, 9.17) is 20.3 Å². The summed E-state index contributed by atoms with van der Waals surface area (Å²) in [4.78, 5) is 41.9. The summed E-state index contributed by atoms with van der Waals surface area (Å²) in [5.41, 5.74) is 12.3. The number of fused-ring (bicyclic) bond motifs is 2. The van der Waals surface area contributed by atoms with Crippen LogP contribution in [0.25, 0.3) is 34.1 Å². The van der Waals surface area contributed by atoms with Crippen LogP contribution in [-0.2, 0) is 10.8 Å². The quantitative estimate of drug-likeness (QED) is 0.103. The lowest BCUT2D eigenvalue weighted by Gasteiger charge is -2.13. The molecule has 6 aromatic heterocycles. The van der Waals surface area contributed by atoms with Gasteiger partial charge in [0.15, 0.2) is 0 Å². The van der Waals surface area contributed by atoms with Crippen molar-refractivity contribution in [2.24, 2.45) is 0 Å². The Labute approximate surface area is 323 Å². The van der Waals surface area contributed by atoms with E-state index >= 15 is 0 Å². The Balaban J connectivity index is 0.000000144. The molecule has 2 aromatic carbocycles. The van der Waals surface area contributed by atoms with Gasteiger partial charge in [-0.2, -0.15) is 0 Å². The number of hydroxylamine groups is 1. The normalized spacial score (nSPS) is 15.0. The van der Waals surface area contributed by atoms with Crippen molar-refractivity contribution in [1.29, 1.82) is 0 Å². The zero-order valence-electron chi connectivity index (χ0n) is 29.9. The average Bonchev–Trinajstić information content (AvgIpc) is 3.97. The molecule has 0 bridgehead atoms. The van der Waals surface area contributed by atoms with Crippen LogP contribution in [-0.4, -0.2) is 50.9 Å². The lowest BCUT2D eigenvalue weighted by atomic mass is 9.95. The summed E-state index contributed by atoms with van der Waals surface area (Å²) in [6, 6.07) is 26.6. The number of carbonyl (C=O) groups is 2. The van der Waals surface area contributed by atoms with Gasteiger partial charge in [0, 0.05) is 39.5 Å². The maximum atomic E-state index is 11.6. The van der Waals surface area contributed by atoms with Gasteiger partial charge < -0.3 is 5.11 Å².